The minimum absolute atomic E-state index is 0.0387. The molecule has 0 saturated heterocycles. The highest BCUT2D eigenvalue weighted by molar-refractivity contribution is 5.78. The van der Waals surface area contributed by atoms with Crippen LogP contribution in [0.1, 0.15) is 32.1 Å². The van der Waals surface area contributed by atoms with Crippen LogP contribution in [0, 0.1) is 5.92 Å². The topological polar surface area (TPSA) is 20.3 Å². The summed E-state index contributed by atoms with van der Waals surface area (Å²) in [6.45, 7) is -0.223. The van der Waals surface area contributed by atoms with Crippen molar-refractivity contribution in [3.63, 3.8) is 0 Å². The minimum atomic E-state index is -4.18. The molecule has 0 aliphatic heterocycles. The largest absolute Gasteiger partial charge is 0.390 e. The summed E-state index contributed by atoms with van der Waals surface area (Å²) in [5.41, 5.74) is 0. The fraction of sp³-hybridized carbons (Fsp3) is 0.900. The summed E-state index contributed by atoms with van der Waals surface area (Å²) in [5.74, 6) is -0.167. The molecule has 1 rings (SSSR count). The maximum atomic E-state index is 11.9. The van der Waals surface area contributed by atoms with Gasteiger partial charge in [0, 0.05) is 19.5 Å². The van der Waals surface area contributed by atoms with Crippen molar-refractivity contribution in [2.24, 2.45) is 5.92 Å². The van der Waals surface area contributed by atoms with Gasteiger partial charge in [0.25, 0.3) is 0 Å². The van der Waals surface area contributed by atoms with Crippen molar-refractivity contribution in [3.8, 4) is 0 Å². The Labute approximate surface area is 87.4 Å². The summed E-state index contributed by atoms with van der Waals surface area (Å²) in [5, 5.41) is 0. The molecule has 0 heterocycles. The van der Waals surface area contributed by atoms with Crippen LogP contribution in [0.5, 0.6) is 0 Å². The molecule has 0 radical (unpaired) electrons. The van der Waals surface area contributed by atoms with Crippen LogP contribution in [0.15, 0.2) is 0 Å². The monoisotopic (exact) mass is 223 g/mol. The fourth-order valence-corrected chi connectivity index (χ4v) is 1.89. The predicted octanol–water partition coefficient (Wildman–Crippen LogP) is 2.59. The van der Waals surface area contributed by atoms with Crippen LogP contribution in [0.3, 0.4) is 0 Å². The molecule has 5 heteroatoms. The third-order valence-electron chi connectivity index (χ3n) is 2.81. The Hall–Kier alpha value is -0.740. The Morgan fingerprint density at radius 1 is 1.33 bits per heavy atom. The third-order valence-corrected chi connectivity index (χ3v) is 2.81. The average molecular weight is 223 g/mol. The van der Waals surface area contributed by atoms with Gasteiger partial charge in [-0.3, -0.25) is 4.79 Å². The Balaban J connectivity index is 2.32. The van der Waals surface area contributed by atoms with E-state index in [0.717, 1.165) is 25.7 Å². The van der Waals surface area contributed by atoms with E-state index in [9.17, 15) is 18.0 Å². The molecule has 0 atom stereocenters. The first-order valence-electron chi connectivity index (χ1n) is 5.22. The molecule has 0 unspecified atom stereocenters. The number of hydrogen-bond acceptors (Lipinski definition) is 1. The summed E-state index contributed by atoms with van der Waals surface area (Å²) in [6, 6.07) is 0. The zero-order valence-corrected chi connectivity index (χ0v) is 8.81. The molecule has 0 aromatic rings. The smallest absolute Gasteiger partial charge is 0.345 e. The molecule has 0 bridgehead atoms. The first-order valence-corrected chi connectivity index (χ1v) is 5.22. The van der Waals surface area contributed by atoms with Gasteiger partial charge in [0.15, 0.2) is 0 Å². The van der Waals surface area contributed by atoms with Crippen LogP contribution in [0.2, 0.25) is 0 Å². The molecular formula is C10H16F3NO. The average Bonchev–Trinajstić information content (AvgIpc) is 2.64. The second kappa shape index (κ2) is 4.86. The number of rotatable bonds is 3. The van der Waals surface area contributed by atoms with Gasteiger partial charge in [-0.05, 0) is 12.8 Å². The van der Waals surface area contributed by atoms with Gasteiger partial charge < -0.3 is 4.90 Å². The zero-order chi connectivity index (χ0) is 11.5. The van der Waals surface area contributed by atoms with Crippen molar-refractivity contribution in [1.29, 1.82) is 0 Å². The van der Waals surface area contributed by atoms with Gasteiger partial charge in [-0.25, -0.2) is 0 Å². The first-order chi connectivity index (χ1) is 6.90. The van der Waals surface area contributed by atoms with Crippen molar-refractivity contribution >= 4 is 5.91 Å². The number of halogens is 3. The lowest BCUT2D eigenvalue weighted by Gasteiger charge is -2.21. The predicted molar refractivity (Wildman–Crippen MR) is 50.3 cm³/mol. The third kappa shape index (κ3) is 4.10. The Morgan fingerprint density at radius 3 is 2.33 bits per heavy atom. The van der Waals surface area contributed by atoms with Crippen molar-refractivity contribution in [2.45, 2.75) is 38.3 Å². The van der Waals surface area contributed by atoms with Crippen LogP contribution in [-0.2, 0) is 4.79 Å². The number of carbonyl (C=O) groups is 1. The maximum absolute atomic E-state index is 11.9. The van der Waals surface area contributed by atoms with E-state index in [1.54, 1.807) is 0 Å². The highest BCUT2D eigenvalue weighted by Gasteiger charge is 2.30. The van der Waals surface area contributed by atoms with E-state index < -0.39 is 12.6 Å². The minimum Gasteiger partial charge on any atom is -0.345 e. The van der Waals surface area contributed by atoms with E-state index in [0.29, 0.717) is 0 Å². The van der Waals surface area contributed by atoms with Gasteiger partial charge in [-0.1, -0.05) is 12.8 Å². The molecule has 2 nitrogen and oxygen atoms in total. The highest BCUT2D eigenvalue weighted by Crippen LogP contribution is 2.27. The van der Waals surface area contributed by atoms with Crippen LogP contribution in [-0.4, -0.2) is 30.6 Å². The van der Waals surface area contributed by atoms with E-state index in [2.05, 4.69) is 0 Å². The van der Waals surface area contributed by atoms with Gasteiger partial charge in [0.2, 0.25) is 5.91 Å². The van der Waals surface area contributed by atoms with Crippen LogP contribution in [0.25, 0.3) is 0 Å². The summed E-state index contributed by atoms with van der Waals surface area (Å²) in [4.78, 5) is 12.8. The standard InChI is InChI=1S/C10H16F3NO/c1-14(7-6-10(11,12)13)9(15)8-4-2-3-5-8/h8H,2-7H2,1H3. The van der Waals surface area contributed by atoms with Crippen molar-refractivity contribution in [3.05, 3.63) is 0 Å². The van der Waals surface area contributed by atoms with Crippen molar-refractivity contribution in [1.82, 2.24) is 4.90 Å². The van der Waals surface area contributed by atoms with E-state index in [1.165, 1.54) is 11.9 Å². The summed E-state index contributed by atoms with van der Waals surface area (Å²) >= 11 is 0. The Morgan fingerprint density at radius 2 is 1.87 bits per heavy atom. The quantitative estimate of drug-likeness (QED) is 0.720. The SMILES string of the molecule is CN(CCC(F)(F)F)C(=O)C1CCCC1. The van der Waals surface area contributed by atoms with E-state index in [1.807, 2.05) is 0 Å². The molecule has 0 spiro atoms. The fourth-order valence-electron chi connectivity index (χ4n) is 1.89. The number of amides is 1. The van der Waals surface area contributed by atoms with Gasteiger partial charge in [0.05, 0.1) is 6.42 Å². The lowest BCUT2D eigenvalue weighted by molar-refractivity contribution is -0.146. The maximum Gasteiger partial charge on any atom is 0.390 e. The van der Waals surface area contributed by atoms with Crippen LogP contribution in [0.4, 0.5) is 13.2 Å². The molecule has 0 N–H and O–H groups in total. The molecule has 15 heavy (non-hydrogen) atoms. The summed E-state index contributed by atoms with van der Waals surface area (Å²) < 4.78 is 35.8. The lowest BCUT2D eigenvalue weighted by atomic mass is 10.1. The van der Waals surface area contributed by atoms with Gasteiger partial charge in [-0.2, -0.15) is 13.2 Å². The van der Waals surface area contributed by atoms with Crippen molar-refractivity contribution in [2.75, 3.05) is 13.6 Å². The molecule has 1 aliphatic carbocycles. The molecule has 1 fully saturated rings. The van der Waals surface area contributed by atoms with E-state index >= 15 is 0 Å². The Bertz CT molecular complexity index is 221. The van der Waals surface area contributed by atoms with E-state index in [-0.39, 0.29) is 18.4 Å². The zero-order valence-electron chi connectivity index (χ0n) is 8.81. The van der Waals surface area contributed by atoms with Crippen LogP contribution < -0.4 is 0 Å². The van der Waals surface area contributed by atoms with Gasteiger partial charge in [0.1, 0.15) is 0 Å². The summed E-state index contributed by atoms with van der Waals surface area (Å²) in [7, 11) is 1.45. The van der Waals surface area contributed by atoms with Gasteiger partial charge in [-0.15, -0.1) is 0 Å². The van der Waals surface area contributed by atoms with E-state index in [4.69, 9.17) is 0 Å². The Kier molecular flexibility index (Phi) is 3.99. The number of alkyl halides is 3. The molecule has 0 aromatic carbocycles. The number of carbonyl (C=O) groups excluding carboxylic acids is 1. The number of hydrogen-bond donors (Lipinski definition) is 0. The molecule has 88 valence electrons. The second-order valence-corrected chi connectivity index (χ2v) is 4.11. The van der Waals surface area contributed by atoms with Crippen LogP contribution >= 0.6 is 0 Å². The number of nitrogens with zero attached hydrogens (tertiary/aromatic N) is 1. The second-order valence-electron chi connectivity index (χ2n) is 4.11. The summed E-state index contributed by atoms with van der Waals surface area (Å²) in [6.07, 6.45) is -1.40. The molecular weight excluding hydrogens is 207 g/mol. The highest BCUT2D eigenvalue weighted by atomic mass is 19.4. The van der Waals surface area contributed by atoms with Gasteiger partial charge >= 0.3 is 6.18 Å². The molecule has 0 aromatic heterocycles. The first kappa shape index (κ1) is 12.3. The normalized spacial score (nSPS) is 18.1. The molecule has 1 amide bonds. The lowest BCUT2D eigenvalue weighted by Crippen LogP contribution is -2.34. The molecule has 1 aliphatic rings. The van der Waals surface area contributed by atoms with Crippen molar-refractivity contribution < 1.29 is 18.0 Å². The molecule has 1 saturated carbocycles.